The van der Waals surface area contributed by atoms with Gasteiger partial charge in [-0.15, -0.1) is 0 Å². The highest BCUT2D eigenvalue weighted by Crippen LogP contribution is 2.21. The molecule has 1 saturated heterocycles. The maximum Gasteiger partial charge on any atom is 0.315 e. The number of para-hydroxylation sites is 1. The van der Waals surface area contributed by atoms with Gasteiger partial charge >= 0.3 is 6.03 Å². The first-order chi connectivity index (χ1) is 12.7. The van der Waals surface area contributed by atoms with E-state index in [2.05, 4.69) is 16.0 Å². The topological polar surface area (TPSA) is 79.5 Å². The van der Waals surface area contributed by atoms with Gasteiger partial charge in [0.1, 0.15) is 17.9 Å². The van der Waals surface area contributed by atoms with Crippen molar-refractivity contribution in [1.29, 1.82) is 0 Å². The van der Waals surface area contributed by atoms with Crippen LogP contribution in [0.25, 0.3) is 0 Å². The summed E-state index contributed by atoms with van der Waals surface area (Å²) in [4.78, 5) is 23.9. The van der Waals surface area contributed by atoms with E-state index in [1.807, 2.05) is 60.7 Å². The molecule has 3 N–H and O–H groups in total. The summed E-state index contributed by atoms with van der Waals surface area (Å²) in [6.07, 6.45) is 1.19. The molecule has 0 spiro atoms. The second-order valence-electron chi connectivity index (χ2n) is 6.17. The van der Waals surface area contributed by atoms with Crippen LogP contribution in [0, 0.1) is 0 Å². The van der Waals surface area contributed by atoms with E-state index < -0.39 is 6.04 Å². The molecule has 1 aliphatic rings. The fraction of sp³-hybridized carbons (Fsp3) is 0.300. The lowest BCUT2D eigenvalue weighted by Gasteiger charge is -2.24. The number of ether oxygens (including phenoxy) is 1. The first-order valence-corrected chi connectivity index (χ1v) is 8.81. The Morgan fingerprint density at radius 3 is 2.50 bits per heavy atom. The molecular formula is C20H23N3O3. The fourth-order valence-corrected chi connectivity index (χ4v) is 2.86. The van der Waals surface area contributed by atoms with Crippen LogP contribution in [0.4, 0.5) is 4.79 Å². The van der Waals surface area contributed by atoms with Gasteiger partial charge in [-0.2, -0.15) is 0 Å². The Kier molecular flexibility index (Phi) is 6.09. The van der Waals surface area contributed by atoms with Crippen LogP contribution in [-0.2, 0) is 4.79 Å². The minimum atomic E-state index is -0.478. The first kappa shape index (κ1) is 17.8. The molecule has 6 heteroatoms. The number of amides is 3. The van der Waals surface area contributed by atoms with Crippen molar-refractivity contribution in [2.75, 3.05) is 13.1 Å². The Morgan fingerprint density at radius 2 is 1.81 bits per heavy atom. The standard InChI is InChI=1S/C20H23N3O3/c24-19-17(12-7-13-21-19)23-20(25)22-14-18(15-8-3-1-4-9-15)26-16-10-5-2-6-11-16/h1-6,8-11,17-18H,7,12-14H2,(H,21,24)(H2,22,23,25). The van der Waals surface area contributed by atoms with Gasteiger partial charge < -0.3 is 20.7 Å². The predicted molar refractivity (Wildman–Crippen MR) is 98.8 cm³/mol. The van der Waals surface area contributed by atoms with Crippen molar-refractivity contribution in [3.63, 3.8) is 0 Å². The summed E-state index contributed by atoms with van der Waals surface area (Å²) in [5, 5.41) is 8.29. The quantitative estimate of drug-likeness (QED) is 0.746. The molecule has 2 unspecified atom stereocenters. The number of nitrogens with one attached hydrogen (secondary N) is 3. The second kappa shape index (κ2) is 8.89. The average Bonchev–Trinajstić information content (AvgIpc) is 2.68. The molecule has 0 bridgehead atoms. The number of urea groups is 1. The van der Waals surface area contributed by atoms with E-state index in [9.17, 15) is 9.59 Å². The molecule has 0 aliphatic carbocycles. The molecule has 2 aromatic rings. The summed E-state index contributed by atoms with van der Waals surface area (Å²) in [6, 6.07) is 18.4. The Balaban J connectivity index is 1.60. The lowest BCUT2D eigenvalue weighted by Crippen LogP contribution is -2.53. The molecule has 0 saturated carbocycles. The van der Waals surface area contributed by atoms with Crippen molar-refractivity contribution in [1.82, 2.24) is 16.0 Å². The molecule has 3 rings (SSSR count). The predicted octanol–water partition coefficient (Wildman–Crippen LogP) is 2.38. The SMILES string of the molecule is O=C(NCC(Oc1ccccc1)c1ccccc1)NC1CCCNC1=O. The fourth-order valence-electron chi connectivity index (χ4n) is 2.86. The molecule has 0 radical (unpaired) electrons. The van der Waals surface area contributed by atoms with Crippen molar-refractivity contribution < 1.29 is 14.3 Å². The summed E-state index contributed by atoms with van der Waals surface area (Å²) < 4.78 is 6.04. The van der Waals surface area contributed by atoms with Gasteiger partial charge in [-0.1, -0.05) is 48.5 Å². The third-order valence-corrected chi connectivity index (χ3v) is 4.23. The van der Waals surface area contributed by atoms with Gasteiger partial charge in [0.25, 0.3) is 0 Å². The van der Waals surface area contributed by atoms with Crippen LogP contribution in [0.2, 0.25) is 0 Å². The monoisotopic (exact) mass is 353 g/mol. The maximum atomic E-state index is 12.2. The number of hydrogen-bond donors (Lipinski definition) is 3. The lowest BCUT2D eigenvalue weighted by atomic mass is 10.1. The van der Waals surface area contributed by atoms with Crippen molar-refractivity contribution >= 4 is 11.9 Å². The van der Waals surface area contributed by atoms with E-state index in [1.165, 1.54) is 0 Å². The number of benzene rings is 2. The number of rotatable bonds is 6. The molecule has 1 heterocycles. The third-order valence-electron chi connectivity index (χ3n) is 4.23. The zero-order chi connectivity index (χ0) is 18.2. The van der Waals surface area contributed by atoms with E-state index in [-0.39, 0.29) is 18.0 Å². The molecular weight excluding hydrogens is 330 g/mol. The molecule has 3 amide bonds. The van der Waals surface area contributed by atoms with Gasteiger partial charge in [0.2, 0.25) is 5.91 Å². The Bertz CT molecular complexity index is 722. The summed E-state index contributed by atoms with van der Waals surface area (Å²) in [5.41, 5.74) is 0.965. The number of carbonyl (C=O) groups is 2. The van der Waals surface area contributed by atoms with Crippen molar-refractivity contribution in [3.05, 3.63) is 66.2 Å². The molecule has 1 aliphatic heterocycles. The highest BCUT2D eigenvalue weighted by Gasteiger charge is 2.24. The van der Waals surface area contributed by atoms with Crippen molar-refractivity contribution in [2.24, 2.45) is 0 Å². The molecule has 136 valence electrons. The van der Waals surface area contributed by atoms with Gasteiger partial charge in [0, 0.05) is 6.54 Å². The highest BCUT2D eigenvalue weighted by molar-refractivity contribution is 5.87. The minimum absolute atomic E-state index is 0.133. The third kappa shape index (κ3) is 4.99. The second-order valence-corrected chi connectivity index (χ2v) is 6.17. The summed E-state index contributed by atoms with van der Waals surface area (Å²) in [7, 11) is 0. The van der Waals surface area contributed by atoms with Crippen LogP contribution >= 0.6 is 0 Å². The van der Waals surface area contributed by atoms with Gasteiger partial charge in [-0.3, -0.25) is 4.79 Å². The van der Waals surface area contributed by atoms with Gasteiger partial charge in [0.05, 0.1) is 6.54 Å². The average molecular weight is 353 g/mol. The number of hydrogen-bond acceptors (Lipinski definition) is 3. The Morgan fingerprint density at radius 1 is 1.12 bits per heavy atom. The van der Waals surface area contributed by atoms with Crippen molar-refractivity contribution in [3.8, 4) is 5.75 Å². The van der Waals surface area contributed by atoms with E-state index in [4.69, 9.17) is 4.74 Å². The Hall–Kier alpha value is -3.02. The zero-order valence-corrected chi connectivity index (χ0v) is 14.5. The zero-order valence-electron chi connectivity index (χ0n) is 14.5. The summed E-state index contributed by atoms with van der Waals surface area (Å²) >= 11 is 0. The number of carbonyl (C=O) groups excluding carboxylic acids is 2. The van der Waals surface area contributed by atoms with E-state index in [1.54, 1.807) is 0 Å². The Labute approximate surface area is 152 Å². The molecule has 2 aromatic carbocycles. The molecule has 1 fully saturated rings. The smallest absolute Gasteiger partial charge is 0.315 e. The van der Waals surface area contributed by atoms with Crippen molar-refractivity contribution in [2.45, 2.75) is 25.0 Å². The molecule has 26 heavy (non-hydrogen) atoms. The van der Waals surface area contributed by atoms with Crippen LogP contribution in [0.3, 0.4) is 0 Å². The summed E-state index contributed by atoms with van der Waals surface area (Å²) in [5.74, 6) is 0.599. The van der Waals surface area contributed by atoms with Crippen LogP contribution < -0.4 is 20.7 Å². The van der Waals surface area contributed by atoms with Crippen LogP contribution in [0.15, 0.2) is 60.7 Å². The van der Waals surface area contributed by atoms with Crippen LogP contribution in [-0.4, -0.2) is 31.1 Å². The molecule has 6 nitrogen and oxygen atoms in total. The summed E-state index contributed by atoms with van der Waals surface area (Å²) in [6.45, 7) is 0.957. The normalized spacial score (nSPS) is 17.7. The minimum Gasteiger partial charge on any atom is -0.484 e. The molecule has 0 aromatic heterocycles. The van der Waals surface area contributed by atoms with Crippen LogP contribution in [0.5, 0.6) is 5.75 Å². The van der Waals surface area contributed by atoms with E-state index >= 15 is 0 Å². The van der Waals surface area contributed by atoms with Crippen LogP contribution in [0.1, 0.15) is 24.5 Å². The van der Waals surface area contributed by atoms with Gasteiger partial charge in [-0.05, 0) is 30.5 Å². The van der Waals surface area contributed by atoms with E-state index in [0.29, 0.717) is 19.5 Å². The lowest BCUT2D eigenvalue weighted by molar-refractivity contribution is -0.124. The largest absolute Gasteiger partial charge is 0.484 e. The maximum absolute atomic E-state index is 12.2. The molecule has 2 atom stereocenters. The van der Waals surface area contributed by atoms with Gasteiger partial charge in [-0.25, -0.2) is 4.79 Å². The first-order valence-electron chi connectivity index (χ1n) is 8.81. The van der Waals surface area contributed by atoms with Gasteiger partial charge in [0.15, 0.2) is 0 Å². The highest BCUT2D eigenvalue weighted by atomic mass is 16.5. The van der Waals surface area contributed by atoms with E-state index in [0.717, 1.165) is 17.7 Å². The number of piperidine rings is 1.